The van der Waals surface area contributed by atoms with E-state index in [0.29, 0.717) is 6.42 Å². The maximum atomic E-state index is 12.3. The lowest BCUT2D eigenvalue weighted by atomic mass is 10.1. The van der Waals surface area contributed by atoms with Gasteiger partial charge >= 0.3 is 0 Å². The van der Waals surface area contributed by atoms with Crippen molar-refractivity contribution < 1.29 is 4.79 Å². The lowest BCUT2D eigenvalue weighted by Gasteiger charge is -2.08. The summed E-state index contributed by atoms with van der Waals surface area (Å²) < 4.78 is 2.00. The molecule has 0 aliphatic rings. The number of para-hydroxylation sites is 1. The van der Waals surface area contributed by atoms with Gasteiger partial charge in [-0.1, -0.05) is 30.3 Å². The Kier molecular flexibility index (Phi) is 5.01. The number of amides is 1. The number of aromatic nitrogens is 3. The molecule has 0 aliphatic carbocycles. The molecule has 136 valence electrons. The first-order chi connectivity index (χ1) is 13.3. The van der Waals surface area contributed by atoms with E-state index < -0.39 is 0 Å². The van der Waals surface area contributed by atoms with Crippen molar-refractivity contribution in [1.82, 2.24) is 14.5 Å². The molecule has 4 aromatic rings. The van der Waals surface area contributed by atoms with Crippen LogP contribution < -0.4 is 5.32 Å². The van der Waals surface area contributed by atoms with Gasteiger partial charge in [0.25, 0.3) is 0 Å². The van der Waals surface area contributed by atoms with Crippen LogP contribution in [-0.2, 0) is 17.8 Å². The van der Waals surface area contributed by atoms with Gasteiger partial charge in [-0.25, -0.2) is 4.98 Å². The van der Waals surface area contributed by atoms with Crippen molar-refractivity contribution >= 4 is 22.5 Å². The maximum absolute atomic E-state index is 12.3. The van der Waals surface area contributed by atoms with Gasteiger partial charge in [-0.05, 0) is 42.2 Å². The lowest BCUT2D eigenvalue weighted by molar-refractivity contribution is -0.116. The summed E-state index contributed by atoms with van der Waals surface area (Å²) in [5.74, 6) is 0.0506. The highest BCUT2D eigenvalue weighted by molar-refractivity contribution is 5.90. The van der Waals surface area contributed by atoms with Gasteiger partial charge in [0, 0.05) is 48.1 Å². The second-order valence-electron chi connectivity index (χ2n) is 6.70. The smallest absolute Gasteiger partial charge is 0.224 e. The largest absolute Gasteiger partial charge is 0.361 e. The summed E-state index contributed by atoms with van der Waals surface area (Å²) in [6, 6.07) is 16.2. The molecule has 2 aromatic heterocycles. The normalized spacial score (nSPS) is 11.0. The number of aryl methyl sites for hydroxylation is 1. The molecule has 1 amide bonds. The molecule has 0 saturated carbocycles. The molecule has 0 fully saturated rings. The summed E-state index contributed by atoms with van der Waals surface area (Å²) in [6.45, 7) is 0.740. The Hall–Kier alpha value is -3.34. The first kappa shape index (κ1) is 17.1. The van der Waals surface area contributed by atoms with E-state index in [4.69, 9.17) is 0 Å². The molecule has 27 heavy (non-hydrogen) atoms. The minimum Gasteiger partial charge on any atom is -0.361 e. The van der Waals surface area contributed by atoms with Crippen LogP contribution in [0.5, 0.6) is 0 Å². The summed E-state index contributed by atoms with van der Waals surface area (Å²) in [4.78, 5) is 19.6. The lowest BCUT2D eigenvalue weighted by Crippen LogP contribution is -2.11. The average molecular weight is 358 g/mol. The monoisotopic (exact) mass is 358 g/mol. The predicted octanol–water partition coefficient (Wildman–Crippen LogP) is 4.37. The van der Waals surface area contributed by atoms with E-state index in [-0.39, 0.29) is 5.91 Å². The second kappa shape index (κ2) is 7.91. The fourth-order valence-electron chi connectivity index (χ4n) is 3.34. The Morgan fingerprint density at radius 2 is 2.07 bits per heavy atom. The molecule has 0 radical (unpaired) electrons. The van der Waals surface area contributed by atoms with Crippen LogP contribution in [0.1, 0.15) is 24.0 Å². The van der Waals surface area contributed by atoms with Gasteiger partial charge in [-0.3, -0.25) is 4.79 Å². The van der Waals surface area contributed by atoms with Gasteiger partial charge in [-0.2, -0.15) is 0 Å². The third-order valence-corrected chi connectivity index (χ3v) is 4.66. The summed E-state index contributed by atoms with van der Waals surface area (Å²) in [6.07, 6.45) is 9.74. The van der Waals surface area contributed by atoms with E-state index >= 15 is 0 Å². The number of H-pyrrole nitrogens is 1. The van der Waals surface area contributed by atoms with Gasteiger partial charge in [0.15, 0.2) is 0 Å². The van der Waals surface area contributed by atoms with Crippen molar-refractivity contribution in [2.24, 2.45) is 0 Å². The number of carbonyl (C=O) groups is 1. The topological polar surface area (TPSA) is 62.7 Å². The van der Waals surface area contributed by atoms with Crippen molar-refractivity contribution in [1.29, 1.82) is 0 Å². The van der Waals surface area contributed by atoms with Gasteiger partial charge in [0.05, 0.1) is 6.33 Å². The maximum Gasteiger partial charge on any atom is 0.224 e. The molecule has 0 unspecified atom stereocenters. The van der Waals surface area contributed by atoms with Crippen molar-refractivity contribution in [2.75, 3.05) is 5.32 Å². The molecule has 4 rings (SSSR count). The molecule has 0 aliphatic heterocycles. The van der Waals surface area contributed by atoms with Crippen molar-refractivity contribution in [3.05, 3.63) is 84.6 Å². The number of carbonyl (C=O) groups excluding carboxylic acids is 1. The molecule has 0 atom stereocenters. The molecular weight excluding hydrogens is 336 g/mol. The number of rotatable bonds is 7. The molecule has 0 bridgehead atoms. The fourth-order valence-corrected chi connectivity index (χ4v) is 3.34. The van der Waals surface area contributed by atoms with Crippen molar-refractivity contribution in [3.8, 4) is 0 Å². The Labute approximate surface area is 158 Å². The molecule has 5 nitrogen and oxygen atoms in total. The number of fused-ring (bicyclic) bond motifs is 1. The number of benzene rings is 2. The molecule has 0 saturated heterocycles. The fraction of sp³-hybridized carbons (Fsp3) is 0.182. The predicted molar refractivity (Wildman–Crippen MR) is 108 cm³/mol. The number of aromatic amines is 1. The summed E-state index contributed by atoms with van der Waals surface area (Å²) in [5, 5.41) is 4.25. The quantitative estimate of drug-likeness (QED) is 0.515. The van der Waals surface area contributed by atoms with Gasteiger partial charge in [-0.15, -0.1) is 0 Å². The molecule has 0 spiro atoms. The van der Waals surface area contributed by atoms with Crippen molar-refractivity contribution in [3.63, 3.8) is 0 Å². The standard InChI is InChI=1S/C22H22N4O/c27-22(10-4-6-18-14-24-21-9-2-1-8-20(18)21)25-19-7-3-5-17(13-19)15-26-12-11-23-16-26/h1-3,5,7-9,11-14,16,24H,4,6,10,15H2,(H,25,27). The third kappa shape index (κ3) is 4.26. The first-order valence-electron chi connectivity index (χ1n) is 9.17. The van der Waals surface area contributed by atoms with Crippen LogP contribution in [0, 0.1) is 0 Å². The van der Waals surface area contributed by atoms with E-state index in [1.54, 1.807) is 12.5 Å². The van der Waals surface area contributed by atoms with E-state index in [1.165, 1.54) is 10.9 Å². The average Bonchev–Trinajstić information content (AvgIpc) is 3.32. The van der Waals surface area contributed by atoms with Crippen LogP contribution in [0.15, 0.2) is 73.4 Å². The molecule has 2 N–H and O–H groups in total. The summed E-state index contributed by atoms with van der Waals surface area (Å²) in [7, 11) is 0. The van der Waals surface area contributed by atoms with Crippen LogP contribution in [0.2, 0.25) is 0 Å². The minimum atomic E-state index is 0.0506. The minimum absolute atomic E-state index is 0.0506. The van der Waals surface area contributed by atoms with E-state index in [0.717, 1.165) is 36.2 Å². The van der Waals surface area contributed by atoms with Gasteiger partial charge < -0.3 is 14.9 Å². The molecule has 2 heterocycles. The van der Waals surface area contributed by atoms with E-state index in [1.807, 2.05) is 53.4 Å². The number of imidazole rings is 1. The zero-order chi connectivity index (χ0) is 18.5. The number of anilines is 1. The Bertz CT molecular complexity index is 1030. The number of nitrogens with zero attached hydrogens (tertiary/aromatic N) is 2. The molecule has 5 heteroatoms. The Balaban J connectivity index is 1.30. The third-order valence-electron chi connectivity index (χ3n) is 4.66. The second-order valence-corrected chi connectivity index (χ2v) is 6.70. The van der Waals surface area contributed by atoms with Crippen LogP contribution in [0.25, 0.3) is 10.9 Å². The zero-order valence-electron chi connectivity index (χ0n) is 15.1. The van der Waals surface area contributed by atoms with Crippen molar-refractivity contribution in [2.45, 2.75) is 25.8 Å². The van der Waals surface area contributed by atoms with E-state index in [2.05, 4.69) is 27.4 Å². The van der Waals surface area contributed by atoms with Crippen LogP contribution in [0.4, 0.5) is 5.69 Å². The molecular formula is C22H22N4O. The molecule has 2 aromatic carbocycles. The Morgan fingerprint density at radius 1 is 1.15 bits per heavy atom. The Morgan fingerprint density at radius 3 is 2.96 bits per heavy atom. The first-order valence-corrected chi connectivity index (χ1v) is 9.17. The number of hydrogen-bond acceptors (Lipinski definition) is 2. The SMILES string of the molecule is O=C(CCCc1c[nH]c2ccccc12)Nc1cccc(Cn2ccnc2)c1. The van der Waals surface area contributed by atoms with Crippen LogP contribution in [0.3, 0.4) is 0 Å². The number of hydrogen-bond donors (Lipinski definition) is 2. The number of nitrogens with one attached hydrogen (secondary N) is 2. The zero-order valence-corrected chi connectivity index (χ0v) is 15.1. The highest BCUT2D eigenvalue weighted by atomic mass is 16.1. The van der Waals surface area contributed by atoms with Gasteiger partial charge in [0.2, 0.25) is 5.91 Å². The van der Waals surface area contributed by atoms with Crippen LogP contribution in [-0.4, -0.2) is 20.4 Å². The van der Waals surface area contributed by atoms with Crippen LogP contribution >= 0.6 is 0 Å². The highest BCUT2D eigenvalue weighted by Gasteiger charge is 2.06. The summed E-state index contributed by atoms with van der Waals surface area (Å²) in [5.41, 5.74) is 4.38. The summed E-state index contributed by atoms with van der Waals surface area (Å²) >= 11 is 0. The highest BCUT2D eigenvalue weighted by Crippen LogP contribution is 2.19. The van der Waals surface area contributed by atoms with E-state index in [9.17, 15) is 4.79 Å². The van der Waals surface area contributed by atoms with Gasteiger partial charge in [0.1, 0.15) is 0 Å².